The molecule has 1 aliphatic rings. The highest BCUT2D eigenvalue weighted by molar-refractivity contribution is 6.04. The number of para-hydroxylation sites is 1. The van der Waals surface area contributed by atoms with Gasteiger partial charge in [0.2, 0.25) is 5.91 Å². The third-order valence-corrected chi connectivity index (χ3v) is 3.40. The Morgan fingerprint density at radius 1 is 1.24 bits per heavy atom. The van der Waals surface area contributed by atoms with E-state index in [2.05, 4.69) is 16.0 Å². The summed E-state index contributed by atoms with van der Waals surface area (Å²) >= 11 is 0. The van der Waals surface area contributed by atoms with Gasteiger partial charge in [0.05, 0.1) is 17.8 Å². The average molecular weight is 289 g/mol. The molecule has 114 valence electrons. The third kappa shape index (κ3) is 5.19. The minimum Gasteiger partial charge on any atom is -0.352 e. The van der Waals surface area contributed by atoms with Crippen molar-refractivity contribution in [3.05, 3.63) is 29.8 Å². The Labute approximate surface area is 125 Å². The van der Waals surface area contributed by atoms with Crippen LogP contribution < -0.4 is 16.0 Å². The fraction of sp³-hybridized carbons (Fsp3) is 0.500. The zero-order valence-electron chi connectivity index (χ0n) is 12.4. The molecular weight excluding hydrogens is 266 g/mol. The predicted octanol–water partition coefficient (Wildman–Crippen LogP) is 1.76. The Balaban J connectivity index is 1.88. The lowest BCUT2D eigenvalue weighted by Gasteiger charge is -2.11. The van der Waals surface area contributed by atoms with Gasteiger partial charge in [-0.1, -0.05) is 19.1 Å². The van der Waals surface area contributed by atoms with Crippen molar-refractivity contribution in [2.75, 3.05) is 25.0 Å². The van der Waals surface area contributed by atoms with Gasteiger partial charge in [-0.25, -0.2) is 0 Å². The summed E-state index contributed by atoms with van der Waals surface area (Å²) in [6.45, 7) is 3.80. The van der Waals surface area contributed by atoms with Gasteiger partial charge < -0.3 is 16.0 Å². The van der Waals surface area contributed by atoms with Gasteiger partial charge in [0, 0.05) is 6.54 Å². The number of amides is 2. The van der Waals surface area contributed by atoms with Crippen molar-refractivity contribution >= 4 is 17.5 Å². The van der Waals surface area contributed by atoms with E-state index >= 15 is 0 Å². The predicted molar refractivity (Wildman–Crippen MR) is 83.3 cm³/mol. The number of carbonyl (C=O) groups is 2. The maximum absolute atomic E-state index is 12.0. The molecular formula is C16H23N3O2. The molecule has 1 saturated carbocycles. The second-order valence-electron chi connectivity index (χ2n) is 5.42. The lowest BCUT2D eigenvalue weighted by Crippen LogP contribution is -2.31. The molecule has 0 bridgehead atoms. The van der Waals surface area contributed by atoms with E-state index in [0.29, 0.717) is 17.8 Å². The highest BCUT2D eigenvalue weighted by Crippen LogP contribution is 2.27. The molecule has 1 aliphatic carbocycles. The van der Waals surface area contributed by atoms with Gasteiger partial charge in [-0.05, 0) is 43.9 Å². The van der Waals surface area contributed by atoms with Crippen LogP contribution in [-0.2, 0) is 4.79 Å². The SMILES string of the molecule is CCCNC(=O)c1ccccc1NC(=O)CNCC1CC1. The van der Waals surface area contributed by atoms with E-state index in [9.17, 15) is 9.59 Å². The van der Waals surface area contributed by atoms with Gasteiger partial charge in [-0.3, -0.25) is 9.59 Å². The largest absolute Gasteiger partial charge is 0.352 e. The smallest absolute Gasteiger partial charge is 0.253 e. The van der Waals surface area contributed by atoms with Crippen molar-refractivity contribution in [2.24, 2.45) is 5.92 Å². The van der Waals surface area contributed by atoms with Crippen LogP contribution in [0.5, 0.6) is 0 Å². The molecule has 0 atom stereocenters. The fourth-order valence-corrected chi connectivity index (χ4v) is 2.03. The molecule has 2 rings (SSSR count). The fourth-order valence-electron chi connectivity index (χ4n) is 2.03. The molecule has 0 heterocycles. The van der Waals surface area contributed by atoms with Gasteiger partial charge in [0.25, 0.3) is 5.91 Å². The number of carbonyl (C=O) groups excluding carboxylic acids is 2. The van der Waals surface area contributed by atoms with Crippen LogP contribution in [0.15, 0.2) is 24.3 Å². The lowest BCUT2D eigenvalue weighted by molar-refractivity contribution is -0.115. The van der Waals surface area contributed by atoms with Crippen LogP contribution in [0.1, 0.15) is 36.5 Å². The molecule has 2 amide bonds. The van der Waals surface area contributed by atoms with Crippen molar-refractivity contribution in [2.45, 2.75) is 26.2 Å². The lowest BCUT2D eigenvalue weighted by atomic mass is 10.1. The standard InChI is InChI=1S/C16H23N3O2/c1-2-9-18-16(21)13-5-3-4-6-14(13)19-15(20)11-17-10-12-7-8-12/h3-6,12,17H,2,7-11H2,1H3,(H,18,21)(H,19,20). The highest BCUT2D eigenvalue weighted by Gasteiger charge is 2.20. The van der Waals surface area contributed by atoms with Gasteiger partial charge in [0.15, 0.2) is 0 Å². The minimum absolute atomic E-state index is 0.119. The number of rotatable bonds is 8. The molecule has 5 heteroatoms. The van der Waals surface area contributed by atoms with Crippen molar-refractivity contribution in [3.63, 3.8) is 0 Å². The molecule has 0 saturated heterocycles. The first-order valence-electron chi connectivity index (χ1n) is 7.58. The van der Waals surface area contributed by atoms with Crippen molar-refractivity contribution in [1.82, 2.24) is 10.6 Å². The Bertz CT molecular complexity index is 498. The van der Waals surface area contributed by atoms with Crippen LogP contribution in [-0.4, -0.2) is 31.4 Å². The molecule has 0 aromatic heterocycles. The third-order valence-electron chi connectivity index (χ3n) is 3.40. The normalized spacial score (nSPS) is 13.8. The minimum atomic E-state index is -0.154. The summed E-state index contributed by atoms with van der Waals surface area (Å²) in [7, 11) is 0. The average Bonchev–Trinajstić information content (AvgIpc) is 3.29. The van der Waals surface area contributed by atoms with E-state index in [4.69, 9.17) is 0 Å². The molecule has 0 spiro atoms. The van der Waals surface area contributed by atoms with Crippen molar-refractivity contribution in [1.29, 1.82) is 0 Å². The molecule has 21 heavy (non-hydrogen) atoms. The van der Waals surface area contributed by atoms with Gasteiger partial charge >= 0.3 is 0 Å². The number of hydrogen-bond donors (Lipinski definition) is 3. The summed E-state index contributed by atoms with van der Waals surface area (Å²) in [6, 6.07) is 7.07. The maximum Gasteiger partial charge on any atom is 0.253 e. The second-order valence-corrected chi connectivity index (χ2v) is 5.42. The molecule has 0 radical (unpaired) electrons. The first kappa shape index (κ1) is 15.5. The zero-order chi connectivity index (χ0) is 15.1. The monoisotopic (exact) mass is 289 g/mol. The Morgan fingerprint density at radius 2 is 2.00 bits per heavy atom. The molecule has 1 aromatic carbocycles. The van der Waals surface area contributed by atoms with Crippen LogP contribution in [0.3, 0.4) is 0 Å². The van der Waals surface area contributed by atoms with Crippen LogP contribution in [0.2, 0.25) is 0 Å². The van der Waals surface area contributed by atoms with Gasteiger partial charge in [0.1, 0.15) is 0 Å². The Morgan fingerprint density at radius 3 is 2.71 bits per heavy atom. The van der Waals surface area contributed by atoms with E-state index in [1.54, 1.807) is 18.2 Å². The maximum atomic E-state index is 12.0. The Kier molecular flexibility index (Phi) is 5.75. The van der Waals surface area contributed by atoms with Crippen LogP contribution in [0.4, 0.5) is 5.69 Å². The van der Waals surface area contributed by atoms with Gasteiger partial charge in [-0.2, -0.15) is 0 Å². The molecule has 1 fully saturated rings. The molecule has 0 aliphatic heterocycles. The number of anilines is 1. The molecule has 5 nitrogen and oxygen atoms in total. The summed E-state index contributed by atoms with van der Waals surface area (Å²) < 4.78 is 0. The summed E-state index contributed by atoms with van der Waals surface area (Å²) in [5.74, 6) is 0.468. The zero-order valence-corrected chi connectivity index (χ0v) is 12.4. The van der Waals surface area contributed by atoms with Crippen molar-refractivity contribution in [3.8, 4) is 0 Å². The van der Waals surface area contributed by atoms with Gasteiger partial charge in [-0.15, -0.1) is 0 Å². The first-order chi connectivity index (χ1) is 10.2. The number of nitrogens with one attached hydrogen (secondary N) is 3. The topological polar surface area (TPSA) is 70.2 Å². The first-order valence-corrected chi connectivity index (χ1v) is 7.58. The number of hydrogen-bond acceptors (Lipinski definition) is 3. The van der Waals surface area contributed by atoms with E-state index in [-0.39, 0.29) is 18.4 Å². The molecule has 3 N–H and O–H groups in total. The molecule has 0 unspecified atom stereocenters. The summed E-state index contributed by atoms with van der Waals surface area (Å²) in [6.07, 6.45) is 3.40. The summed E-state index contributed by atoms with van der Waals surface area (Å²) in [4.78, 5) is 23.9. The van der Waals surface area contributed by atoms with Crippen LogP contribution in [0, 0.1) is 5.92 Å². The van der Waals surface area contributed by atoms with Crippen LogP contribution >= 0.6 is 0 Å². The summed E-state index contributed by atoms with van der Waals surface area (Å²) in [5, 5.41) is 8.76. The number of benzene rings is 1. The van der Waals surface area contributed by atoms with Crippen LogP contribution in [0.25, 0.3) is 0 Å². The quantitative estimate of drug-likeness (QED) is 0.683. The van der Waals surface area contributed by atoms with E-state index < -0.39 is 0 Å². The molecule has 1 aromatic rings. The van der Waals surface area contributed by atoms with E-state index in [1.165, 1.54) is 12.8 Å². The highest BCUT2D eigenvalue weighted by atomic mass is 16.2. The van der Waals surface area contributed by atoms with E-state index in [0.717, 1.165) is 18.9 Å². The second kappa shape index (κ2) is 7.78. The summed E-state index contributed by atoms with van der Waals surface area (Å²) in [5.41, 5.74) is 1.06. The Hall–Kier alpha value is -1.88. The van der Waals surface area contributed by atoms with E-state index in [1.807, 2.05) is 13.0 Å². The van der Waals surface area contributed by atoms with Crippen molar-refractivity contribution < 1.29 is 9.59 Å².